The predicted octanol–water partition coefficient (Wildman–Crippen LogP) is 3.32. The number of halogens is 2. The summed E-state index contributed by atoms with van der Waals surface area (Å²) in [6, 6.07) is 1.62. The molecule has 2 saturated carbocycles. The maximum absolute atomic E-state index is 13.5. The van der Waals surface area contributed by atoms with E-state index in [0.717, 1.165) is 18.7 Å². The van der Waals surface area contributed by atoms with Gasteiger partial charge in [-0.25, -0.2) is 28.4 Å². The van der Waals surface area contributed by atoms with Gasteiger partial charge in [-0.15, -0.1) is 0 Å². The maximum atomic E-state index is 13.5. The minimum atomic E-state index is -2.61. The summed E-state index contributed by atoms with van der Waals surface area (Å²) in [5, 5.41) is 4.71. The van der Waals surface area contributed by atoms with Crippen LogP contribution in [0.3, 0.4) is 0 Å². The van der Waals surface area contributed by atoms with Gasteiger partial charge in [-0.3, -0.25) is 4.79 Å². The molecule has 0 aromatic carbocycles. The van der Waals surface area contributed by atoms with Gasteiger partial charge in [0.15, 0.2) is 5.65 Å². The number of aromatic nitrogens is 6. The molecule has 7 nitrogen and oxygen atoms in total. The van der Waals surface area contributed by atoms with Gasteiger partial charge in [0, 0.05) is 37.1 Å². The molecule has 5 rings (SSSR count). The van der Waals surface area contributed by atoms with Crippen molar-refractivity contribution in [2.24, 2.45) is 0 Å². The number of hydrogen-bond acceptors (Lipinski definition) is 5. The molecular formula is C19H20F2N6O. The fraction of sp³-hybridized carbons (Fsp3) is 0.526. The van der Waals surface area contributed by atoms with Crippen LogP contribution in [0.4, 0.5) is 8.78 Å². The Morgan fingerprint density at radius 2 is 1.79 bits per heavy atom. The summed E-state index contributed by atoms with van der Waals surface area (Å²) in [5.74, 6) is -1.09. The van der Waals surface area contributed by atoms with Crippen molar-refractivity contribution in [2.45, 2.75) is 62.3 Å². The highest BCUT2D eigenvalue weighted by Crippen LogP contribution is 2.46. The van der Waals surface area contributed by atoms with Gasteiger partial charge in [-0.2, -0.15) is 5.10 Å². The van der Waals surface area contributed by atoms with E-state index in [1.165, 1.54) is 6.20 Å². The Bertz CT molecular complexity index is 1050. The van der Waals surface area contributed by atoms with Gasteiger partial charge < -0.3 is 4.98 Å². The van der Waals surface area contributed by atoms with E-state index in [-0.39, 0.29) is 36.3 Å². The molecule has 2 atom stereocenters. The van der Waals surface area contributed by atoms with Crippen LogP contribution in [0.1, 0.15) is 68.1 Å². The van der Waals surface area contributed by atoms with Gasteiger partial charge in [-0.1, -0.05) is 0 Å². The Labute approximate surface area is 159 Å². The molecule has 0 aliphatic heterocycles. The van der Waals surface area contributed by atoms with E-state index < -0.39 is 5.92 Å². The zero-order chi connectivity index (χ0) is 19.3. The Kier molecular flexibility index (Phi) is 3.99. The van der Waals surface area contributed by atoms with Crippen LogP contribution in [0, 0.1) is 0 Å². The van der Waals surface area contributed by atoms with Crippen molar-refractivity contribution in [1.82, 2.24) is 29.7 Å². The monoisotopic (exact) mass is 386 g/mol. The zero-order valence-corrected chi connectivity index (χ0v) is 15.2. The summed E-state index contributed by atoms with van der Waals surface area (Å²) in [6.45, 7) is 0. The highest BCUT2D eigenvalue weighted by atomic mass is 19.3. The molecule has 2 fully saturated rings. The number of fused-ring (bicyclic) bond motifs is 1. The first-order chi connectivity index (χ1) is 13.5. The lowest BCUT2D eigenvalue weighted by atomic mass is 9.72. The van der Waals surface area contributed by atoms with Gasteiger partial charge in [0.2, 0.25) is 5.92 Å². The van der Waals surface area contributed by atoms with Gasteiger partial charge in [0.25, 0.3) is 5.56 Å². The first-order valence-corrected chi connectivity index (χ1v) is 9.64. The molecular weight excluding hydrogens is 366 g/mol. The van der Waals surface area contributed by atoms with Gasteiger partial charge in [0.1, 0.15) is 17.0 Å². The smallest absolute Gasteiger partial charge is 0.262 e. The minimum Gasteiger partial charge on any atom is -0.310 e. The van der Waals surface area contributed by atoms with E-state index in [4.69, 9.17) is 4.98 Å². The quantitative estimate of drug-likeness (QED) is 0.746. The molecule has 2 aliphatic carbocycles. The summed E-state index contributed by atoms with van der Waals surface area (Å²) in [5.41, 5.74) is 0.237. The highest BCUT2D eigenvalue weighted by Gasteiger charge is 2.39. The van der Waals surface area contributed by atoms with E-state index in [0.29, 0.717) is 29.7 Å². The van der Waals surface area contributed by atoms with Crippen LogP contribution < -0.4 is 5.56 Å². The normalized spacial score (nSPS) is 24.9. The van der Waals surface area contributed by atoms with Crippen molar-refractivity contribution in [3.05, 3.63) is 46.7 Å². The van der Waals surface area contributed by atoms with Crippen molar-refractivity contribution in [3.63, 3.8) is 0 Å². The van der Waals surface area contributed by atoms with E-state index in [9.17, 15) is 13.6 Å². The number of nitrogens with zero attached hydrogens (tertiary/aromatic N) is 5. The molecule has 146 valence electrons. The van der Waals surface area contributed by atoms with Crippen LogP contribution >= 0.6 is 0 Å². The SMILES string of the molecule is O=c1[nH]c(C2CC[C@H]2c2ncccn2)nc2c1cnn2C1CCC(F)(F)CC1. The average molecular weight is 386 g/mol. The van der Waals surface area contributed by atoms with Crippen LogP contribution in [-0.2, 0) is 0 Å². The van der Waals surface area contributed by atoms with Gasteiger partial charge >= 0.3 is 0 Å². The first kappa shape index (κ1) is 17.4. The van der Waals surface area contributed by atoms with Gasteiger partial charge in [-0.05, 0) is 31.7 Å². The predicted molar refractivity (Wildman–Crippen MR) is 97.3 cm³/mol. The van der Waals surface area contributed by atoms with Crippen molar-refractivity contribution in [1.29, 1.82) is 0 Å². The third kappa shape index (κ3) is 2.89. The second-order valence-corrected chi connectivity index (χ2v) is 7.76. The lowest BCUT2D eigenvalue weighted by molar-refractivity contribution is -0.0446. The topological polar surface area (TPSA) is 89.3 Å². The van der Waals surface area contributed by atoms with Crippen LogP contribution in [0.5, 0.6) is 0 Å². The number of alkyl halides is 2. The third-order valence-electron chi connectivity index (χ3n) is 6.06. The van der Waals surface area contributed by atoms with Crippen LogP contribution in [0.25, 0.3) is 11.0 Å². The van der Waals surface area contributed by atoms with Crippen molar-refractivity contribution >= 4 is 11.0 Å². The Hall–Kier alpha value is -2.71. The largest absolute Gasteiger partial charge is 0.310 e. The van der Waals surface area contributed by atoms with Crippen LogP contribution in [0.2, 0.25) is 0 Å². The summed E-state index contributed by atoms with van der Waals surface area (Å²) >= 11 is 0. The number of H-pyrrole nitrogens is 1. The van der Waals surface area contributed by atoms with E-state index in [2.05, 4.69) is 20.1 Å². The summed E-state index contributed by atoms with van der Waals surface area (Å²) in [4.78, 5) is 28.9. The molecule has 28 heavy (non-hydrogen) atoms. The fourth-order valence-electron chi connectivity index (χ4n) is 4.30. The van der Waals surface area contributed by atoms with Crippen LogP contribution in [-0.4, -0.2) is 35.6 Å². The minimum absolute atomic E-state index is 0.0403. The molecule has 1 unspecified atom stereocenters. The Balaban J connectivity index is 1.49. The summed E-state index contributed by atoms with van der Waals surface area (Å²) in [6.07, 6.45) is 7.08. The molecule has 3 heterocycles. The standard InChI is InChI=1S/C19H20F2N6O/c20-19(21)6-4-11(5-7-19)27-17-14(10-24-27)18(28)26-16(25-17)13-3-2-12(13)15-22-8-1-9-23-15/h1,8-13H,2-7H2,(H,25,26,28)/t12-,13?/m1/s1. The number of nitrogens with one attached hydrogen (secondary N) is 1. The molecule has 2 aliphatic rings. The molecule has 0 spiro atoms. The molecule has 0 radical (unpaired) electrons. The lowest BCUT2D eigenvalue weighted by Gasteiger charge is -2.34. The Morgan fingerprint density at radius 1 is 1.07 bits per heavy atom. The molecule has 9 heteroatoms. The van der Waals surface area contributed by atoms with Crippen molar-refractivity contribution < 1.29 is 8.78 Å². The van der Waals surface area contributed by atoms with Crippen molar-refractivity contribution in [3.8, 4) is 0 Å². The molecule has 1 N–H and O–H groups in total. The molecule has 3 aromatic heterocycles. The molecule has 3 aromatic rings. The first-order valence-electron chi connectivity index (χ1n) is 9.64. The maximum Gasteiger partial charge on any atom is 0.262 e. The van der Waals surface area contributed by atoms with Crippen LogP contribution in [0.15, 0.2) is 29.5 Å². The zero-order valence-electron chi connectivity index (χ0n) is 15.2. The van der Waals surface area contributed by atoms with E-state index in [1.54, 1.807) is 23.1 Å². The molecule has 0 bridgehead atoms. The lowest BCUT2D eigenvalue weighted by Crippen LogP contribution is -2.29. The second-order valence-electron chi connectivity index (χ2n) is 7.76. The van der Waals surface area contributed by atoms with Gasteiger partial charge in [0.05, 0.1) is 12.2 Å². The molecule has 0 saturated heterocycles. The number of rotatable bonds is 3. The number of hydrogen-bond donors (Lipinski definition) is 1. The molecule has 0 amide bonds. The summed E-state index contributed by atoms with van der Waals surface area (Å²) in [7, 11) is 0. The van der Waals surface area contributed by atoms with E-state index in [1.807, 2.05) is 0 Å². The third-order valence-corrected chi connectivity index (χ3v) is 6.06. The average Bonchev–Trinajstić information content (AvgIpc) is 3.06. The van der Waals surface area contributed by atoms with E-state index >= 15 is 0 Å². The van der Waals surface area contributed by atoms with Crippen molar-refractivity contribution in [2.75, 3.05) is 0 Å². The second kappa shape index (κ2) is 6.42. The summed E-state index contributed by atoms with van der Waals surface area (Å²) < 4.78 is 28.7. The fourth-order valence-corrected chi connectivity index (χ4v) is 4.30. The highest BCUT2D eigenvalue weighted by molar-refractivity contribution is 5.73. The number of aromatic amines is 1. The Morgan fingerprint density at radius 3 is 2.46 bits per heavy atom.